The molecule has 1 aliphatic heterocycles. The van der Waals surface area contributed by atoms with E-state index in [-0.39, 0.29) is 17.6 Å². The number of hydrogen-bond acceptors (Lipinski definition) is 11. The van der Waals surface area contributed by atoms with E-state index in [0.29, 0.717) is 37.9 Å². The molecule has 0 saturated carbocycles. The number of nitrogens with one attached hydrogen (secondary N) is 2. The quantitative estimate of drug-likeness (QED) is 0.331. The van der Waals surface area contributed by atoms with Gasteiger partial charge in [-0.15, -0.1) is 0 Å². The van der Waals surface area contributed by atoms with E-state index in [2.05, 4.69) is 35.8 Å². The third kappa shape index (κ3) is 5.45. The summed E-state index contributed by atoms with van der Waals surface area (Å²) in [6.45, 7) is 2.42. The summed E-state index contributed by atoms with van der Waals surface area (Å²) in [6.07, 6.45) is 4.96. The summed E-state index contributed by atoms with van der Waals surface area (Å²) in [6, 6.07) is 9.73. The van der Waals surface area contributed by atoms with Crippen LogP contribution in [0, 0.1) is 10.1 Å². The predicted octanol–water partition coefficient (Wildman–Crippen LogP) is 2.20. The highest BCUT2D eigenvalue weighted by Crippen LogP contribution is 2.22. The zero-order valence-electron chi connectivity index (χ0n) is 16.4. The summed E-state index contributed by atoms with van der Waals surface area (Å²) in [5.74, 6) is 0.918. The number of pyridine rings is 1. The molecule has 4 rings (SSSR count). The fourth-order valence-electron chi connectivity index (χ4n) is 2.82. The molecule has 12 nitrogen and oxygen atoms in total. The summed E-state index contributed by atoms with van der Waals surface area (Å²) in [5.41, 5.74) is 4.12. The Labute approximate surface area is 177 Å². The van der Waals surface area contributed by atoms with Crippen LogP contribution >= 0.6 is 0 Å². The third-order valence-electron chi connectivity index (χ3n) is 4.31. The molecular formula is C19H19N9O3. The van der Waals surface area contributed by atoms with Crippen LogP contribution in [-0.4, -0.2) is 57.4 Å². The number of non-ortho nitro benzene ring substituents is 1. The molecule has 0 spiro atoms. The zero-order chi connectivity index (χ0) is 21.5. The van der Waals surface area contributed by atoms with Crippen LogP contribution in [-0.2, 0) is 4.74 Å². The van der Waals surface area contributed by atoms with Crippen molar-refractivity contribution in [1.29, 1.82) is 0 Å². The second-order valence-electron chi connectivity index (χ2n) is 6.47. The monoisotopic (exact) mass is 421 g/mol. The molecule has 12 heteroatoms. The Kier molecular flexibility index (Phi) is 6.18. The van der Waals surface area contributed by atoms with Gasteiger partial charge in [-0.2, -0.15) is 20.1 Å². The first-order chi connectivity index (χ1) is 15.2. The van der Waals surface area contributed by atoms with Crippen LogP contribution in [0.25, 0.3) is 0 Å². The van der Waals surface area contributed by atoms with Gasteiger partial charge in [0.1, 0.15) is 0 Å². The lowest BCUT2D eigenvalue weighted by atomic mass is 10.3. The van der Waals surface area contributed by atoms with Gasteiger partial charge in [-0.3, -0.25) is 15.1 Å². The van der Waals surface area contributed by atoms with E-state index in [1.165, 1.54) is 12.1 Å². The number of anilines is 4. The van der Waals surface area contributed by atoms with Crippen LogP contribution in [0.5, 0.6) is 0 Å². The van der Waals surface area contributed by atoms with Crippen molar-refractivity contribution in [3.05, 3.63) is 64.5 Å². The summed E-state index contributed by atoms with van der Waals surface area (Å²) in [5, 5.41) is 18.2. The fourth-order valence-corrected chi connectivity index (χ4v) is 2.82. The van der Waals surface area contributed by atoms with Gasteiger partial charge >= 0.3 is 0 Å². The van der Waals surface area contributed by atoms with Gasteiger partial charge in [0.2, 0.25) is 17.8 Å². The summed E-state index contributed by atoms with van der Waals surface area (Å²) >= 11 is 0. The number of aromatic nitrogens is 4. The highest BCUT2D eigenvalue weighted by molar-refractivity contribution is 5.79. The second-order valence-corrected chi connectivity index (χ2v) is 6.47. The SMILES string of the molecule is O=[N+]([O-])c1cccc(Nc2nc(N/N=C/c3ccncc3)nc(N3CCOCC3)n2)c1. The minimum Gasteiger partial charge on any atom is -0.378 e. The van der Waals surface area contributed by atoms with Crippen LogP contribution in [0.1, 0.15) is 5.56 Å². The average Bonchev–Trinajstić information content (AvgIpc) is 2.80. The molecule has 1 aliphatic rings. The number of hydrazone groups is 1. The fraction of sp³-hybridized carbons (Fsp3) is 0.211. The van der Waals surface area contributed by atoms with Crippen LogP contribution in [0.15, 0.2) is 53.9 Å². The first-order valence-corrected chi connectivity index (χ1v) is 9.47. The van der Waals surface area contributed by atoms with E-state index < -0.39 is 4.92 Å². The van der Waals surface area contributed by atoms with Gasteiger partial charge in [0.05, 0.1) is 24.4 Å². The van der Waals surface area contributed by atoms with E-state index in [4.69, 9.17) is 4.74 Å². The van der Waals surface area contributed by atoms with Gasteiger partial charge in [-0.25, -0.2) is 5.43 Å². The van der Waals surface area contributed by atoms with E-state index >= 15 is 0 Å². The van der Waals surface area contributed by atoms with Crippen molar-refractivity contribution < 1.29 is 9.66 Å². The molecule has 31 heavy (non-hydrogen) atoms. The maximum atomic E-state index is 11.0. The topological polar surface area (TPSA) is 144 Å². The van der Waals surface area contributed by atoms with Crippen molar-refractivity contribution in [1.82, 2.24) is 19.9 Å². The lowest BCUT2D eigenvalue weighted by Crippen LogP contribution is -2.37. The number of benzene rings is 1. The molecule has 0 unspecified atom stereocenters. The molecule has 158 valence electrons. The number of nitro groups is 1. The number of ether oxygens (including phenoxy) is 1. The predicted molar refractivity (Wildman–Crippen MR) is 115 cm³/mol. The van der Waals surface area contributed by atoms with Crippen molar-refractivity contribution in [2.75, 3.05) is 41.9 Å². The third-order valence-corrected chi connectivity index (χ3v) is 4.31. The van der Waals surface area contributed by atoms with Crippen LogP contribution < -0.4 is 15.6 Å². The van der Waals surface area contributed by atoms with Crippen molar-refractivity contribution in [3.8, 4) is 0 Å². The maximum Gasteiger partial charge on any atom is 0.271 e. The van der Waals surface area contributed by atoms with E-state index in [1.807, 2.05) is 17.0 Å². The highest BCUT2D eigenvalue weighted by Gasteiger charge is 2.17. The van der Waals surface area contributed by atoms with Crippen molar-refractivity contribution in [3.63, 3.8) is 0 Å². The number of rotatable bonds is 7. The minimum absolute atomic E-state index is 0.0345. The molecule has 2 aromatic heterocycles. The van der Waals surface area contributed by atoms with E-state index in [9.17, 15) is 10.1 Å². The first kappa shape index (κ1) is 20.1. The van der Waals surface area contributed by atoms with E-state index in [0.717, 1.165) is 5.56 Å². The zero-order valence-corrected chi connectivity index (χ0v) is 16.4. The van der Waals surface area contributed by atoms with Gasteiger partial charge in [0.15, 0.2) is 0 Å². The Hall–Kier alpha value is -4.19. The average molecular weight is 421 g/mol. The van der Waals surface area contributed by atoms with Gasteiger partial charge in [0.25, 0.3) is 5.69 Å². The molecular weight excluding hydrogens is 402 g/mol. The van der Waals surface area contributed by atoms with Crippen LogP contribution in [0.2, 0.25) is 0 Å². The second kappa shape index (κ2) is 9.54. The van der Waals surface area contributed by atoms with E-state index in [1.54, 1.807) is 30.7 Å². The van der Waals surface area contributed by atoms with Gasteiger partial charge in [-0.1, -0.05) is 6.07 Å². The normalized spacial score (nSPS) is 13.9. The molecule has 0 atom stereocenters. The number of nitrogens with zero attached hydrogens (tertiary/aromatic N) is 7. The van der Waals surface area contributed by atoms with Gasteiger partial charge < -0.3 is 15.0 Å². The van der Waals surface area contributed by atoms with Crippen molar-refractivity contribution in [2.24, 2.45) is 5.10 Å². The van der Waals surface area contributed by atoms with Crippen LogP contribution in [0.4, 0.5) is 29.2 Å². The molecule has 2 N–H and O–H groups in total. The maximum absolute atomic E-state index is 11.0. The molecule has 0 radical (unpaired) electrons. The first-order valence-electron chi connectivity index (χ1n) is 9.47. The Bertz CT molecular complexity index is 1070. The standard InChI is InChI=1S/C19H19N9O3/c29-28(30)16-3-1-2-15(12-16)22-17-23-18(26-21-13-14-4-6-20-7-5-14)25-19(24-17)27-8-10-31-11-9-27/h1-7,12-13H,8-11H2,(H2,22,23,24,25,26)/b21-13+. The molecule has 3 heterocycles. The lowest BCUT2D eigenvalue weighted by Gasteiger charge is -2.27. The molecule has 1 aromatic carbocycles. The molecule has 1 fully saturated rings. The molecule has 0 bridgehead atoms. The molecule has 0 aliphatic carbocycles. The summed E-state index contributed by atoms with van der Waals surface area (Å²) in [4.78, 5) is 29.7. The Morgan fingerprint density at radius 3 is 2.65 bits per heavy atom. The number of hydrogen-bond donors (Lipinski definition) is 2. The molecule has 3 aromatic rings. The molecule has 1 saturated heterocycles. The van der Waals surface area contributed by atoms with Gasteiger partial charge in [0, 0.05) is 43.3 Å². The number of nitro benzene ring substituents is 1. The van der Waals surface area contributed by atoms with Crippen LogP contribution in [0.3, 0.4) is 0 Å². The summed E-state index contributed by atoms with van der Waals surface area (Å²) < 4.78 is 5.39. The van der Waals surface area contributed by atoms with Gasteiger partial charge in [-0.05, 0) is 23.8 Å². The highest BCUT2D eigenvalue weighted by atomic mass is 16.6. The van der Waals surface area contributed by atoms with Crippen molar-refractivity contribution in [2.45, 2.75) is 0 Å². The van der Waals surface area contributed by atoms with Crippen molar-refractivity contribution >= 4 is 35.4 Å². The summed E-state index contributed by atoms with van der Waals surface area (Å²) in [7, 11) is 0. The Balaban J connectivity index is 1.59. The smallest absolute Gasteiger partial charge is 0.271 e. The molecule has 0 amide bonds. The minimum atomic E-state index is -0.460. The largest absolute Gasteiger partial charge is 0.378 e. The lowest BCUT2D eigenvalue weighted by molar-refractivity contribution is -0.384. The Morgan fingerprint density at radius 1 is 1.10 bits per heavy atom. The Morgan fingerprint density at radius 2 is 1.87 bits per heavy atom. The number of morpholine rings is 1.